The van der Waals surface area contributed by atoms with E-state index in [1.54, 1.807) is 0 Å². The summed E-state index contributed by atoms with van der Waals surface area (Å²) in [7, 11) is 0. The summed E-state index contributed by atoms with van der Waals surface area (Å²) in [5, 5.41) is 1.16. The molecule has 0 bridgehead atoms. The molecule has 0 spiro atoms. The first-order valence-corrected chi connectivity index (χ1v) is 6.78. The molecule has 2 rings (SSSR count). The van der Waals surface area contributed by atoms with Crippen LogP contribution in [0.1, 0.15) is 54.7 Å². The van der Waals surface area contributed by atoms with Gasteiger partial charge in [-0.25, -0.2) is 4.98 Å². The molecule has 1 heterocycles. The molecule has 15 heavy (non-hydrogen) atoms. The summed E-state index contributed by atoms with van der Waals surface area (Å²) in [6.07, 6.45) is 6.15. The van der Waals surface area contributed by atoms with Crippen molar-refractivity contribution in [3.8, 4) is 0 Å². The van der Waals surface area contributed by atoms with Crippen molar-refractivity contribution in [1.82, 2.24) is 4.98 Å². The number of nitrogens with zero attached hydrogens (tertiary/aromatic N) is 1. The van der Waals surface area contributed by atoms with E-state index in [9.17, 15) is 0 Å². The van der Waals surface area contributed by atoms with E-state index in [2.05, 4.69) is 13.8 Å². The molecule has 0 amide bonds. The zero-order chi connectivity index (χ0) is 10.8. The molecule has 0 radical (unpaired) electrons. The van der Waals surface area contributed by atoms with Crippen LogP contribution in [0, 0.1) is 5.92 Å². The van der Waals surface area contributed by atoms with E-state index in [4.69, 9.17) is 10.7 Å². The van der Waals surface area contributed by atoms with Crippen LogP contribution in [0.5, 0.6) is 0 Å². The van der Waals surface area contributed by atoms with Crippen LogP contribution < -0.4 is 5.73 Å². The third-order valence-corrected chi connectivity index (χ3v) is 4.66. The van der Waals surface area contributed by atoms with Crippen LogP contribution in [0.4, 0.5) is 0 Å². The number of hydrogen-bond acceptors (Lipinski definition) is 3. The Balaban J connectivity index is 2.18. The van der Waals surface area contributed by atoms with Crippen LogP contribution in [0.15, 0.2) is 0 Å². The van der Waals surface area contributed by atoms with Gasteiger partial charge in [-0.2, -0.15) is 0 Å². The number of thiazole rings is 1. The van der Waals surface area contributed by atoms with E-state index >= 15 is 0 Å². The average Bonchev–Trinajstić information content (AvgIpc) is 2.70. The molecule has 3 heteroatoms. The Morgan fingerprint density at radius 2 is 2.13 bits per heavy atom. The van der Waals surface area contributed by atoms with Crippen LogP contribution in [-0.4, -0.2) is 4.98 Å². The second kappa shape index (κ2) is 4.62. The van der Waals surface area contributed by atoms with Gasteiger partial charge in [-0.15, -0.1) is 11.3 Å². The largest absolute Gasteiger partial charge is 0.322 e. The Morgan fingerprint density at radius 1 is 1.40 bits per heavy atom. The third-order valence-electron chi connectivity index (χ3n) is 3.40. The van der Waals surface area contributed by atoms with E-state index in [1.165, 1.54) is 36.3 Å². The normalized spacial score (nSPS) is 19.7. The van der Waals surface area contributed by atoms with Crippen LogP contribution in [0.25, 0.3) is 0 Å². The molecule has 0 aliphatic heterocycles. The van der Waals surface area contributed by atoms with Crippen molar-refractivity contribution in [2.45, 2.75) is 52.0 Å². The Bertz CT molecular complexity index is 309. The molecule has 84 valence electrons. The first-order chi connectivity index (χ1) is 7.22. The minimum Gasteiger partial charge on any atom is -0.322 e. The number of fused-ring (bicyclic) bond motifs is 1. The summed E-state index contributed by atoms with van der Waals surface area (Å²) in [6.45, 7) is 4.41. The third kappa shape index (κ3) is 2.23. The molecule has 1 aromatic rings. The molecule has 1 aliphatic carbocycles. The summed E-state index contributed by atoms with van der Waals surface area (Å²) in [6, 6.07) is 0.144. The summed E-state index contributed by atoms with van der Waals surface area (Å²) in [5.41, 5.74) is 7.54. The molecule has 2 nitrogen and oxygen atoms in total. The molecule has 0 fully saturated rings. The first-order valence-electron chi connectivity index (χ1n) is 5.96. The quantitative estimate of drug-likeness (QED) is 0.857. The highest BCUT2D eigenvalue weighted by atomic mass is 32.1. The Morgan fingerprint density at radius 3 is 2.80 bits per heavy atom. The monoisotopic (exact) mass is 224 g/mol. The number of nitrogens with two attached hydrogens (primary N) is 1. The van der Waals surface area contributed by atoms with Crippen molar-refractivity contribution >= 4 is 11.3 Å². The average molecular weight is 224 g/mol. The van der Waals surface area contributed by atoms with E-state index in [1.807, 2.05) is 11.3 Å². The number of aryl methyl sites for hydroxylation is 2. The molecule has 2 atom stereocenters. The van der Waals surface area contributed by atoms with Crippen molar-refractivity contribution in [3.05, 3.63) is 15.6 Å². The Labute approximate surface area is 95.9 Å². The fraction of sp³-hybridized carbons (Fsp3) is 0.750. The number of hydrogen-bond donors (Lipinski definition) is 1. The molecule has 2 N–H and O–H groups in total. The Hall–Kier alpha value is -0.410. The lowest BCUT2D eigenvalue weighted by molar-refractivity contribution is 0.454. The zero-order valence-electron chi connectivity index (χ0n) is 9.62. The molecule has 2 unspecified atom stereocenters. The van der Waals surface area contributed by atoms with Crippen molar-refractivity contribution in [2.24, 2.45) is 11.7 Å². The van der Waals surface area contributed by atoms with Gasteiger partial charge in [0.15, 0.2) is 0 Å². The van der Waals surface area contributed by atoms with E-state index < -0.39 is 0 Å². The summed E-state index contributed by atoms with van der Waals surface area (Å²) in [5.74, 6) is 0.539. The SMILES string of the molecule is CCC(C)C(N)c1nc2c(s1)CCCC2. The van der Waals surface area contributed by atoms with Gasteiger partial charge in [0.25, 0.3) is 0 Å². The van der Waals surface area contributed by atoms with Crippen LogP contribution in [0.2, 0.25) is 0 Å². The fourth-order valence-corrected chi connectivity index (χ4v) is 3.30. The smallest absolute Gasteiger partial charge is 0.110 e. The summed E-state index contributed by atoms with van der Waals surface area (Å²) >= 11 is 1.85. The molecule has 0 saturated heterocycles. The summed E-state index contributed by atoms with van der Waals surface area (Å²) in [4.78, 5) is 6.21. The maximum Gasteiger partial charge on any atom is 0.110 e. The highest BCUT2D eigenvalue weighted by molar-refractivity contribution is 7.11. The maximum atomic E-state index is 6.21. The highest BCUT2D eigenvalue weighted by Crippen LogP contribution is 2.32. The van der Waals surface area contributed by atoms with Crippen molar-refractivity contribution in [2.75, 3.05) is 0 Å². The highest BCUT2D eigenvalue weighted by Gasteiger charge is 2.21. The maximum absolute atomic E-state index is 6.21. The van der Waals surface area contributed by atoms with Gasteiger partial charge in [-0.1, -0.05) is 20.3 Å². The van der Waals surface area contributed by atoms with E-state index in [-0.39, 0.29) is 6.04 Å². The van der Waals surface area contributed by atoms with Crippen molar-refractivity contribution < 1.29 is 0 Å². The van der Waals surface area contributed by atoms with Gasteiger partial charge in [-0.05, 0) is 31.6 Å². The number of aromatic nitrogens is 1. The standard InChI is InChI=1S/C12H20N2S/c1-3-8(2)11(13)12-14-9-6-4-5-7-10(9)15-12/h8,11H,3-7,13H2,1-2H3. The van der Waals surface area contributed by atoms with Gasteiger partial charge in [0.1, 0.15) is 5.01 Å². The molecule has 1 aliphatic rings. The van der Waals surface area contributed by atoms with Gasteiger partial charge in [-0.3, -0.25) is 0 Å². The summed E-state index contributed by atoms with van der Waals surface area (Å²) < 4.78 is 0. The molecular weight excluding hydrogens is 204 g/mol. The van der Waals surface area contributed by atoms with E-state index in [0.717, 1.165) is 11.4 Å². The zero-order valence-corrected chi connectivity index (χ0v) is 10.4. The minimum absolute atomic E-state index is 0.144. The van der Waals surface area contributed by atoms with Crippen molar-refractivity contribution in [3.63, 3.8) is 0 Å². The molecule has 0 saturated carbocycles. The predicted molar refractivity (Wildman–Crippen MR) is 65.1 cm³/mol. The van der Waals surface area contributed by atoms with Gasteiger partial charge < -0.3 is 5.73 Å². The lowest BCUT2D eigenvalue weighted by atomic mass is 10.0. The Kier molecular flexibility index (Phi) is 3.42. The first kappa shape index (κ1) is 11.1. The van der Waals surface area contributed by atoms with Gasteiger partial charge in [0.05, 0.1) is 11.7 Å². The molecular formula is C12H20N2S. The van der Waals surface area contributed by atoms with Crippen LogP contribution in [-0.2, 0) is 12.8 Å². The van der Waals surface area contributed by atoms with Gasteiger partial charge in [0, 0.05) is 4.88 Å². The fourth-order valence-electron chi connectivity index (χ4n) is 2.01. The molecule has 0 aromatic carbocycles. The van der Waals surface area contributed by atoms with E-state index in [0.29, 0.717) is 5.92 Å². The lowest BCUT2D eigenvalue weighted by Crippen LogP contribution is -2.18. The van der Waals surface area contributed by atoms with Gasteiger partial charge >= 0.3 is 0 Å². The second-order valence-corrected chi connectivity index (χ2v) is 5.66. The molecule has 1 aromatic heterocycles. The second-order valence-electron chi connectivity index (χ2n) is 4.54. The minimum atomic E-state index is 0.144. The van der Waals surface area contributed by atoms with Crippen LogP contribution in [0.3, 0.4) is 0 Å². The van der Waals surface area contributed by atoms with Gasteiger partial charge in [0.2, 0.25) is 0 Å². The number of rotatable bonds is 3. The predicted octanol–water partition coefficient (Wildman–Crippen LogP) is 3.07. The van der Waals surface area contributed by atoms with Crippen LogP contribution >= 0.6 is 11.3 Å². The topological polar surface area (TPSA) is 38.9 Å². The van der Waals surface area contributed by atoms with Crippen molar-refractivity contribution in [1.29, 1.82) is 0 Å². The lowest BCUT2D eigenvalue weighted by Gasteiger charge is -2.15.